The van der Waals surface area contributed by atoms with Crippen LogP contribution in [0.2, 0.25) is 0 Å². The Morgan fingerprint density at radius 1 is 1.67 bits per heavy atom. The van der Waals surface area contributed by atoms with Gasteiger partial charge in [0, 0.05) is 18.5 Å². The summed E-state index contributed by atoms with van der Waals surface area (Å²) in [6, 6.07) is 0. The Morgan fingerprint density at radius 2 is 2.42 bits per heavy atom. The molecule has 70 valence electrons. The standard InChI is InChI=1S/C9H16FNO/c1-7(12)9-3-2-4-11(9)6-8(10)5-9/h7-8,12H,2-6H2,1H3/t7?,8-,9+/m1/s1. The molecule has 12 heavy (non-hydrogen) atoms. The van der Waals surface area contributed by atoms with Gasteiger partial charge in [0.1, 0.15) is 6.17 Å². The molecule has 2 nitrogen and oxygen atoms in total. The summed E-state index contributed by atoms with van der Waals surface area (Å²) in [6.45, 7) is 3.28. The number of aliphatic hydroxyl groups excluding tert-OH is 1. The molecule has 0 aromatic heterocycles. The van der Waals surface area contributed by atoms with Gasteiger partial charge in [0.2, 0.25) is 0 Å². The first-order chi connectivity index (χ1) is 5.65. The summed E-state index contributed by atoms with van der Waals surface area (Å²) in [5, 5.41) is 9.62. The average molecular weight is 173 g/mol. The molecule has 2 rings (SSSR count). The van der Waals surface area contributed by atoms with E-state index in [1.54, 1.807) is 6.92 Å². The number of alkyl halides is 1. The summed E-state index contributed by atoms with van der Waals surface area (Å²) >= 11 is 0. The molecule has 1 N–H and O–H groups in total. The van der Waals surface area contributed by atoms with Gasteiger partial charge in [0.15, 0.2) is 0 Å². The smallest absolute Gasteiger partial charge is 0.115 e. The fourth-order valence-electron chi connectivity index (χ4n) is 2.79. The topological polar surface area (TPSA) is 23.5 Å². The minimum absolute atomic E-state index is 0.209. The van der Waals surface area contributed by atoms with E-state index in [-0.39, 0.29) is 11.6 Å². The van der Waals surface area contributed by atoms with E-state index in [1.165, 1.54) is 0 Å². The molecular weight excluding hydrogens is 157 g/mol. The highest BCUT2D eigenvalue weighted by molar-refractivity contribution is 5.06. The van der Waals surface area contributed by atoms with E-state index < -0.39 is 6.17 Å². The lowest BCUT2D eigenvalue weighted by molar-refractivity contribution is 0.0289. The van der Waals surface area contributed by atoms with Gasteiger partial charge in [0.25, 0.3) is 0 Å². The molecule has 2 fully saturated rings. The zero-order chi connectivity index (χ0) is 8.77. The second-order valence-corrected chi connectivity index (χ2v) is 4.13. The largest absolute Gasteiger partial charge is 0.391 e. The summed E-state index contributed by atoms with van der Waals surface area (Å²) in [7, 11) is 0. The highest BCUT2D eigenvalue weighted by atomic mass is 19.1. The minimum atomic E-state index is -0.722. The normalized spacial score (nSPS) is 44.8. The Kier molecular flexibility index (Phi) is 1.88. The van der Waals surface area contributed by atoms with Crippen LogP contribution in [0.1, 0.15) is 26.2 Å². The monoisotopic (exact) mass is 173 g/mol. The third kappa shape index (κ3) is 0.995. The lowest BCUT2D eigenvalue weighted by Crippen LogP contribution is -2.47. The zero-order valence-electron chi connectivity index (χ0n) is 7.46. The lowest BCUT2D eigenvalue weighted by atomic mass is 9.88. The van der Waals surface area contributed by atoms with Gasteiger partial charge in [-0.25, -0.2) is 4.39 Å². The van der Waals surface area contributed by atoms with Crippen LogP contribution in [0.4, 0.5) is 4.39 Å². The van der Waals surface area contributed by atoms with Crippen LogP contribution in [0.15, 0.2) is 0 Å². The molecule has 2 aliphatic heterocycles. The van der Waals surface area contributed by atoms with Crippen molar-refractivity contribution in [2.45, 2.75) is 44.0 Å². The Labute approximate surface area is 72.4 Å². The number of hydrogen-bond donors (Lipinski definition) is 1. The van der Waals surface area contributed by atoms with Crippen LogP contribution in [0.25, 0.3) is 0 Å². The molecule has 0 aromatic rings. The van der Waals surface area contributed by atoms with Gasteiger partial charge in [-0.3, -0.25) is 4.90 Å². The maximum atomic E-state index is 13.1. The van der Waals surface area contributed by atoms with Gasteiger partial charge >= 0.3 is 0 Å². The zero-order valence-corrected chi connectivity index (χ0v) is 7.46. The molecule has 0 bridgehead atoms. The summed E-state index contributed by atoms with van der Waals surface area (Å²) in [4.78, 5) is 2.13. The average Bonchev–Trinajstić information content (AvgIpc) is 2.42. The predicted octanol–water partition coefficient (Wildman–Crippen LogP) is 0.944. The van der Waals surface area contributed by atoms with Crippen molar-refractivity contribution in [3.8, 4) is 0 Å². The third-order valence-electron chi connectivity index (χ3n) is 3.44. The Balaban J connectivity index is 2.20. The molecule has 1 unspecified atom stereocenters. The van der Waals surface area contributed by atoms with Crippen LogP contribution >= 0.6 is 0 Å². The van der Waals surface area contributed by atoms with Gasteiger partial charge in [-0.2, -0.15) is 0 Å². The fourth-order valence-corrected chi connectivity index (χ4v) is 2.79. The van der Waals surface area contributed by atoms with Crippen molar-refractivity contribution < 1.29 is 9.50 Å². The number of halogens is 1. The number of aliphatic hydroxyl groups is 1. The molecule has 3 heteroatoms. The van der Waals surface area contributed by atoms with E-state index in [4.69, 9.17) is 0 Å². The first-order valence-electron chi connectivity index (χ1n) is 4.72. The van der Waals surface area contributed by atoms with Gasteiger partial charge in [-0.15, -0.1) is 0 Å². The van der Waals surface area contributed by atoms with Crippen LogP contribution < -0.4 is 0 Å². The molecule has 0 aliphatic carbocycles. The van der Waals surface area contributed by atoms with Crippen LogP contribution in [-0.2, 0) is 0 Å². The van der Waals surface area contributed by atoms with E-state index in [0.29, 0.717) is 13.0 Å². The molecule has 2 saturated heterocycles. The Morgan fingerprint density at radius 3 is 3.00 bits per heavy atom. The van der Waals surface area contributed by atoms with Crippen LogP contribution in [0, 0.1) is 0 Å². The molecule has 2 heterocycles. The van der Waals surface area contributed by atoms with E-state index in [9.17, 15) is 9.50 Å². The Bertz CT molecular complexity index is 185. The summed E-state index contributed by atoms with van der Waals surface area (Å²) < 4.78 is 13.1. The van der Waals surface area contributed by atoms with Gasteiger partial charge in [-0.05, 0) is 26.3 Å². The van der Waals surface area contributed by atoms with E-state index in [0.717, 1.165) is 19.4 Å². The van der Waals surface area contributed by atoms with Crippen molar-refractivity contribution in [2.75, 3.05) is 13.1 Å². The lowest BCUT2D eigenvalue weighted by Gasteiger charge is -2.34. The number of hydrogen-bond acceptors (Lipinski definition) is 2. The van der Waals surface area contributed by atoms with Gasteiger partial charge in [0.05, 0.1) is 6.10 Å². The second kappa shape index (κ2) is 2.67. The SMILES string of the molecule is CC(O)[C@@]12CCCN1C[C@H](F)C2. The second-order valence-electron chi connectivity index (χ2n) is 4.13. The van der Waals surface area contributed by atoms with Crippen molar-refractivity contribution in [3.05, 3.63) is 0 Å². The fraction of sp³-hybridized carbons (Fsp3) is 1.00. The summed E-state index contributed by atoms with van der Waals surface area (Å²) in [6.07, 6.45) is 1.49. The summed E-state index contributed by atoms with van der Waals surface area (Å²) in [5.41, 5.74) is -0.209. The minimum Gasteiger partial charge on any atom is -0.391 e. The van der Waals surface area contributed by atoms with Crippen molar-refractivity contribution in [3.63, 3.8) is 0 Å². The van der Waals surface area contributed by atoms with Crippen LogP contribution in [0.3, 0.4) is 0 Å². The molecule has 0 amide bonds. The Hall–Kier alpha value is -0.150. The molecule has 3 atom stereocenters. The van der Waals surface area contributed by atoms with Crippen molar-refractivity contribution >= 4 is 0 Å². The van der Waals surface area contributed by atoms with Gasteiger partial charge < -0.3 is 5.11 Å². The number of fused-ring (bicyclic) bond motifs is 1. The first-order valence-corrected chi connectivity index (χ1v) is 4.72. The quantitative estimate of drug-likeness (QED) is 0.638. The predicted molar refractivity (Wildman–Crippen MR) is 44.7 cm³/mol. The van der Waals surface area contributed by atoms with Crippen molar-refractivity contribution in [2.24, 2.45) is 0 Å². The maximum Gasteiger partial charge on any atom is 0.115 e. The molecule has 0 spiro atoms. The highest BCUT2D eigenvalue weighted by Gasteiger charge is 2.51. The molecule has 0 aromatic carbocycles. The van der Waals surface area contributed by atoms with E-state index in [2.05, 4.69) is 4.90 Å². The first kappa shape index (κ1) is 8.45. The molecule has 0 radical (unpaired) electrons. The molecule has 0 saturated carbocycles. The van der Waals surface area contributed by atoms with Crippen molar-refractivity contribution in [1.82, 2.24) is 4.90 Å². The maximum absolute atomic E-state index is 13.1. The number of nitrogens with zero attached hydrogens (tertiary/aromatic N) is 1. The number of rotatable bonds is 1. The van der Waals surface area contributed by atoms with Crippen LogP contribution in [-0.4, -0.2) is 40.9 Å². The van der Waals surface area contributed by atoms with E-state index in [1.807, 2.05) is 0 Å². The highest BCUT2D eigenvalue weighted by Crippen LogP contribution is 2.42. The summed E-state index contributed by atoms with van der Waals surface area (Å²) in [5.74, 6) is 0. The molecule has 2 aliphatic rings. The molecular formula is C9H16FNO. The van der Waals surface area contributed by atoms with Gasteiger partial charge in [-0.1, -0.05) is 0 Å². The van der Waals surface area contributed by atoms with Crippen molar-refractivity contribution in [1.29, 1.82) is 0 Å². The van der Waals surface area contributed by atoms with Crippen LogP contribution in [0.5, 0.6) is 0 Å². The van der Waals surface area contributed by atoms with E-state index >= 15 is 0 Å². The third-order valence-corrected chi connectivity index (χ3v) is 3.44.